The lowest BCUT2D eigenvalue weighted by Gasteiger charge is -2.22. The largest absolute Gasteiger partial charge is 0.481 e. The van der Waals surface area contributed by atoms with Gasteiger partial charge in [-0.1, -0.05) is 0 Å². The Bertz CT molecular complexity index is 217. The summed E-state index contributed by atoms with van der Waals surface area (Å²) < 4.78 is 11.6. The number of carboxylic acid groups (broad SMARTS) is 1. The fourth-order valence-electron chi connectivity index (χ4n) is 1.51. The number of rotatable bonds is 5. The third-order valence-electron chi connectivity index (χ3n) is 2.31. The van der Waals surface area contributed by atoms with E-state index in [-0.39, 0.29) is 12.1 Å². The van der Waals surface area contributed by atoms with Gasteiger partial charge in [0.1, 0.15) is 7.95 Å². The number of hydrogen-bond donors (Lipinski definition) is 3. The summed E-state index contributed by atoms with van der Waals surface area (Å²) in [5, 5.41) is 14.4. The number of aliphatic carboxylic acids is 1. The van der Waals surface area contributed by atoms with Crippen molar-refractivity contribution in [1.82, 2.24) is 10.4 Å². The molecule has 6 heteroatoms. The maximum Gasteiger partial charge on any atom is 0.304 e. The minimum Gasteiger partial charge on any atom is -0.481 e. The van der Waals surface area contributed by atoms with Crippen LogP contribution in [-0.4, -0.2) is 36.4 Å². The highest BCUT2D eigenvalue weighted by molar-refractivity contribution is 7.43. The summed E-state index contributed by atoms with van der Waals surface area (Å²) in [7, 11) is -1.81. The number of carbonyl (C=O) groups is 1. The first-order valence-electron chi connectivity index (χ1n) is 4.90. The topological polar surface area (TPSA) is 78.4 Å². The molecule has 0 aromatic rings. The lowest BCUT2D eigenvalue weighted by molar-refractivity contribution is -0.136. The predicted octanol–water partition coefficient (Wildman–Crippen LogP) is 0.277. The second kappa shape index (κ2) is 6.17. The molecule has 14 heavy (non-hydrogen) atoms. The average Bonchev–Trinajstić information content (AvgIpc) is 2.18. The molecular formula is C8H17N2O3P. The summed E-state index contributed by atoms with van der Waals surface area (Å²) in [5.74, 6) is -0.853. The van der Waals surface area contributed by atoms with Gasteiger partial charge < -0.3 is 15.0 Å². The van der Waals surface area contributed by atoms with Crippen LogP contribution in [0.2, 0.25) is 0 Å². The lowest BCUT2D eigenvalue weighted by atomic mass is 10.2. The predicted molar refractivity (Wildman–Crippen MR) is 55.1 cm³/mol. The first kappa shape index (κ1) is 11.7. The molecule has 1 heterocycles. The van der Waals surface area contributed by atoms with Gasteiger partial charge in [0.2, 0.25) is 0 Å². The first-order valence-corrected chi connectivity index (χ1v) is 6.39. The summed E-state index contributed by atoms with van der Waals surface area (Å²) in [6.45, 7) is 2.10. The van der Waals surface area contributed by atoms with Crippen molar-refractivity contribution in [2.45, 2.75) is 24.9 Å². The molecule has 0 aromatic heterocycles. The van der Waals surface area contributed by atoms with Crippen LogP contribution in [0, 0.1) is 0 Å². The van der Waals surface area contributed by atoms with Crippen molar-refractivity contribution in [2.75, 3.05) is 19.6 Å². The second-order valence-electron chi connectivity index (χ2n) is 3.48. The van der Waals surface area contributed by atoms with Crippen LogP contribution in [-0.2, 0) is 9.36 Å². The van der Waals surface area contributed by atoms with Crippen molar-refractivity contribution in [1.29, 1.82) is 0 Å². The standard InChI is InChI=1S/C8H17N2O3P/c11-8(12)3-5-10-14(13)7-2-1-4-9-6-7/h7,9,14H,1-6H2,(H,10,13)(H,11,12). The Kier molecular flexibility index (Phi) is 5.15. The molecule has 0 aromatic carbocycles. The average molecular weight is 220 g/mol. The van der Waals surface area contributed by atoms with E-state index in [1.165, 1.54) is 0 Å². The van der Waals surface area contributed by atoms with Crippen LogP contribution >= 0.6 is 7.95 Å². The molecule has 1 aliphatic heterocycles. The van der Waals surface area contributed by atoms with Gasteiger partial charge in [0, 0.05) is 18.7 Å². The van der Waals surface area contributed by atoms with E-state index < -0.39 is 13.9 Å². The molecule has 2 atom stereocenters. The van der Waals surface area contributed by atoms with Crippen molar-refractivity contribution >= 4 is 13.9 Å². The number of hydrogen-bond acceptors (Lipinski definition) is 3. The maximum absolute atomic E-state index is 11.6. The normalized spacial score (nSPS) is 24.4. The highest BCUT2D eigenvalue weighted by Crippen LogP contribution is 2.27. The first-order chi connectivity index (χ1) is 6.70. The molecule has 5 nitrogen and oxygen atoms in total. The van der Waals surface area contributed by atoms with Gasteiger partial charge in [-0.25, -0.2) is 0 Å². The summed E-state index contributed by atoms with van der Waals surface area (Å²) >= 11 is 0. The Balaban J connectivity index is 2.16. The van der Waals surface area contributed by atoms with E-state index in [4.69, 9.17) is 5.11 Å². The van der Waals surface area contributed by atoms with Crippen LogP contribution in [0.5, 0.6) is 0 Å². The number of nitrogens with one attached hydrogen (secondary N) is 2. The van der Waals surface area contributed by atoms with Crippen LogP contribution in [0.15, 0.2) is 0 Å². The van der Waals surface area contributed by atoms with Gasteiger partial charge in [0.15, 0.2) is 0 Å². The quantitative estimate of drug-likeness (QED) is 0.580. The fraction of sp³-hybridized carbons (Fsp3) is 0.875. The SMILES string of the molecule is O=C(O)CCN[PH](=O)C1CCCNC1. The molecule has 82 valence electrons. The third kappa shape index (κ3) is 4.22. The highest BCUT2D eigenvalue weighted by atomic mass is 31.1. The van der Waals surface area contributed by atoms with E-state index in [9.17, 15) is 9.36 Å². The van der Waals surface area contributed by atoms with Gasteiger partial charge in [0.25, 0.3) is 0 Å². The summed E-state index contributed by atoms with van der Waals surface area (Å²) in [4.78, 5) is 10.2. The molecular weight excluding hydrogens is 203 g/mol. The fourth-order valence-corrected chi connectivity index (χ4v) is 2.97. The van der Waals surface area contributed by atoms with Crippen molar-refractivity contribution in [3.05, 3.63) is 0 Å². The van der Waals surface area contributed by atoms with Gasteiger partial charge in [-0.15, -0.1) is 0 Å². The van der Waals surface area contributed by atoms with Crippen LogP contribution in [0.4, 0.5) is 0 Å². The van der Waals surface area contributed by atoms with Gasteiger partial charge in [0.05, 0.1) is 6.42 Å². The smallest absolute Gasteiger partial charge is 0.304 e. The number of carboxylic acids is 1. The zero-order chi connectivity index (χ0) is 10.4. The Hall–Kier alpha value is -0.380. The van der Waals surface area contributed by atoms with E-state index >= 15 is 0 Å². The molecule has 0 amide bonds. The summed E-state index contributed by atoms with van der Waals surface area (Å²) in [6.07, 6.45) is 2.07. The molecule has 0 spiro atoms. The molecule has 1 fully saturated rings. The van der Waals surface area contributed by atoms with E-state index in [0.717, 1.165) is 25.9 Å². The maximum atomic E-state index is 11.6. The Morgan fingerprint density at radius 3 is 3.00 bits per heavy atom. The van der Waals surface area contributed by atoms with Crippen LogP contribution < -0.4 is 10.4 Å². The van der Waals surface area contributed by atoms with Crippen molar-refractivity contribution in [2.24, 2.45) is 0 Å². The number of piperidine rings is 1. The highest BCUT2D eigenvalue weighted by Gasteiger charge is 2.18. The van der Waals surface area contributed by atoms with E-state index in [1.54, 1.807) is 0 Å². The van der Waals surface area contributed by atoms with Gasteiger partial charge in [-0.3, -0.25) is 9.88 Å². The summed E-state index contributed by atoms with van der Waals surface area (Å²) in [5.41, 5.74) is 0.197. The summed E-state index contributed by atoms with van der Waals surface area (Å²) in [6, 6.07) is 0. The second-order valence-corrected chi connectivity index (χ2v) is 5.38. The zero-order valence-corrected chi connectivity index (χ0v) is 9.08. The van der Waals surface area contributed by atoms with Crippen LogP contribution in [0.3, 0.4) is 0 Å². The minimum absolute atomic E-state index is 0.0382. The van der Waals surface area contributed by atoms with Gasteiger partial charge >= 0.3 is 5.97 Å². The third-order valence-corrected chi connectivity index (χ3v) is 4.14. The molecule has 1 aliphatic rings. The van der Waals surface area contributed by atoms with Crippen LogP contribution in [0.25, 0.3) is 0 Å². The Morgan fingerprint density at radius 1 is 1.64 bits per heavy atom. The molecule has 0 bridgehead atoms. The lowest BCUT2D eigenvalue weighted by Crippen LogP contribution is -2.33. The monoisotopic (exact) mass is 220 g/mol. The van der Waals surface area contributed by atoms with Gasteiger partial charge in [-0.2, -0.15) is 0 Å². The van der Waals surface area contributed by atoms with E-state index in [2.05, 4.69) is 10.4 Å². The van der Waals surface area contributed by atoms with E-state index in [0.29, 0.717) is 6.54 Å². The molecule has 1 rings (SSSR count). The van der Waals surface area contributed by atoms with Crippen molar-refractivity contribution in [3.63, 3.8) is 0 Å². The Morgan fingerprint density at radius 2 is 2.43 bits per heavy atom. The molecule has 2 unspecified atom stereocenters. The zero-order valence-electron chi connectivity index (χ0n) is 8.08. The van der Waals surface area contributed by atoms with E-state index in [1.807, 2.05) is 0 Å². The van der Waals surface area contributed by atoms with Gasteiger partial charge in [-0.05, 0) is 19.4 Å². The van der Waals surface area contributed by atoms with Crippen LogP contribution in [0.1, 0.15) is 19.3 Å². The molecule has 0 aliphatic carbocycles. The van der Waals surface area contributed by atoms with Crippen molar-refractivity contribution < 1.29 is 14.5 Å². The Labute approximate surface area is 84.1 Å². The molecule has 0 radical (unpaired) electrons. The molecule has 1 saturated heterocycles. The minimum atomic E-state index is -1.81. The van der Waals surface area contributed by atoms with Crippen molar-refractivity contribution in [3.8, 4) is 0 Å². The molecule has 0 saturated carbocycles. The molecule has 3 N–H and O–H groups in total.